The zero-order valence-corrected chi connectivity index (χ0v) is 12.5. The van der Waals surface area contributed by atoms with Crippen LogP contribution in [0.1, 0.15) is 11.3 Å². The second kappa shape index (κ2) is 5.43. The van der Waals surface area contributed by atoms with Gasteiger partial charge in [0.1, 0.15) is 4.90 Å². The quantitative estimate of drug-likeness (QED) is 0.899. The number of benzene rings is 1. The molecule has 0 aliphatic rings. The molecule has 108 valence electrons. The fraction of sp³-hybridized carbons (Fsp3) is 0.250. The third-order valence-electron chi connectivity index (χ3n) is 2.73. The zero-order chi connectivity index (χ0) is 14.9. The molecule has 2 aromatic rings. The van der Waals surface area contributed by atoms with Gasteiger partial charge in [-0.3, -0.25) is 9.40 Å². The predicted octanol–water partition coefficient (Wildman–Crippen LogP) is 1.68. The van der Waals surface area contributed by atoms with E-state index in [0.717, 1.165) is 0 Å². The number of aliphatic hydroxyl groups is 1. The Hall–Kier alpha value is -1.57. The smallest absolute Gasteiger partial charge is 0.263 e. The molecule has 2 N–H and O–H groups in total. The van der Waals surface area contributed by atoms with Gasteiger partial charge in [-0.15, -0.1) is 0 Å². The average Bonchev–Trinajstić information content (AvgIpc) is 2.67. The van der Waals surface area contributed by atoms with E-state index in [1.165, 1.54) is 16.8 Å². The molecular formula is C12H14ClN3O3S. The molecule has 8 heteroatoms. The fourth-order valence-electron chi connectivity index (χ4n) is 1.75. The second-order valence-corrected chi connectivity index (χ2v) is 6.39. The summed E-state index contributed by atoms with van der Waals surface area (Å²) in [7, 11) is -2.13. The Bertz CT molecular complexity index is 740. The molecule has 1 aromatic carbocycles. The molecule has 0 amide bonds. The molecule has 0 aliphatic carbocycles. The summed E-state index contributed by atoms with van der Waals surface area (Å²) in [4.78, 5) is -0.0750. The molecule has 0 fully saturated rings. The molecule has 0 atom stereocenters. The number of sulfonamides is 1. The van der Waals surface area contributed by atoms with Gasteiger partial charge in [-0.05, 0) is 24.6 Å². The molecule has 0 bridgehead atoms. The molecule has 6 nitrogen and oxygen atoms in total. The van der Waals surface area contributed by atoms with E-state index in [4.69, 9.17) is 16.7 Å². The Morgan fingerprint density at radius 1 is 1.45 bits per heavy atom. The fourth-order valence-corrected chi connectivity index (χ4v) is 3.41. The van der Waals surface area contributed by atoms with E-state index in [1.54, 1.807) is 26.2 Å². The summed E-state index contributed by atoms with van der Waals surface area (Å²) in [5, 5.41) is 13.2. The van der Waals surface area contributed by atoms with Gasteiger partial charge in [0.2, 0.25) is 0 Å². The van der Waals surface area contributed by atoms with E-state index in [-0.39, 0.29) is 16.5 Å². The molecule has 0 radical (unpaired) electrons. The van der Waals surface area contributed by atoms with E-state index >= 15 is 0 Å². The first-order valence-electron chi connectivity index (χ1n) is 5.76. The van der Waals surface area contributed by atoms with Crippen molar-refractivity contribution in [2.75, 3.05) is 4.72 Å². The third kappa shape index (κ3) is 2.95. The first kappa shape index (κ1) is 14.8. The van der Waals surface area contributed by atoms with Crippen LogP contribution in [0.25, 0.3) is 0 Å². The number of rotatable bonds is 4. The van der Waals surface area contributed by atoms with E-state index in [9.17, 15) is 8.42 Å². The number of hydrogen-bond acceptors (Lipinski definition) is 4. The van der Waals surface area contributed by atoms with Crippen LogP contribution in [0.2, 0.25) is 5.02 Å². The highest BCUT2D eigenvalue weighted by atomic mass is 35.5. The van der Waals surface area contributed by atoms with Gasteiger partial charge in [-0.1, -0.05) is 17.7 Å². The van der Waals surface area contributed by atoms with Crippen molar-refractivity contribution in [3.05, 3.63) is 40.7 Å². The van der Waals surface area contributed by atoms with Gasteiger partial charge in [-0.25, -0.2) is 8.42 Å². The number of aryl methyl sites for hydroxylation is 2. The predicted molar refractivity (Wildman–Crippen MR) is 76.1 cm³/mol. The zero-order valence-electron chi connectivity index (χ0n) is 11.0. The van der Waals surface area contributed by atoms with Crippen molar-refractivity contribution in [2.45, 2.75) is 18.4 Å². The maximum Gasteiger partial charge on any atom is 0.263 e. The Balaban J connectivity index is 2.43. The number of anilines is 1. The van der Waals surface area contributed by atoms with Crippen molar-refractivity contribution >= 4 is 27.3 Å². The summed E-state index contributed by atoms with van der Waals surface area (Å²) in [5.41, 5.74) is 1.42. The summed E-state index contributed by atoms with van der Waals surface area (Å²) in [6.45, 7) is 1.44. The van der Waals surface area contributed by atoms with Gasteiger partial charge in [-0.2, -0.15) is 5.10 Å². The van der Waals surface area contributed by atoms with Crippen LogP contribution in [-0.2, 0) is 23.7 Å². The minimum Gasteiger partial charge on any atom is -0.392 e. The van der Waals surface area contributed by atoms with Crippen molar-refractivity contribution in [2.24, 2.45) is 7.05 Å². The third-order valence-corrected chi connectivity index (χ3v) is 4.57. The molecule has 1 aromatic heterocycles. The van der Waals surface area contributed by atoms with Crippen molar-refractivity contribution in [1.29, 1.82) is 0 Å². The summed E-state index contributed by atoms with van der Waals surface area (Å²) >= 11 is 5.93. The van der Waals surface area contributed by atoms with E-state index in [1.807, 2.05) is 0 Å². The summed E-state index contributed by atoms with van der Waals surface area (Å²) in [6.07, 6.45) is 1.57. The van der Waals surface area contributed by atoms with Crippen LogP contribution in [0.15, 0.2) is 29.3 Å². The summed E-state index contributed by atoms with van der Waals surface area (Å²) in [6, 6.07) is 4.35. The minimum absolute atomic E-state index is 0.0750. The van der Waals surface area contributed by atoms with Crippen LogP contribution >= 0.6 is 11.6 Å². The lowest BCUT2D eigenvalue weighted by molar-refractivity contribution is 0.281. The van der Waals surface area contributed by atoms with Crippen LogP contribution in [0.5, 0.6) is 0 Å². The lowest BCUT2D eigenvalue weighted by Gasteiger charge is -2.09. The topological polar surface area (TPSA) is 84.2 Å². The Morgan fingerprint density at radius 3 is 2.70 bits per heavy atom. The van der Waals surface area contributed by atoms with Crippen molar-refractivity contribution < 1.29 is 13.5 Å². The molecule has 0 saturated heterocycles. The normalized spacial score (nSPS) is 11.6. The molecule has 1 heterocycles. The number of aliphatic hydroxyl groups excluding tert-OH is 1. The monoisotopic (exact) mass is 315 g/mol. The second-order valence-electron chi connectivity index (χ2n) is 4.33. The van der Waals surface area contributed by atoms with E-state index in [2.05, 4.69) is 9.82 Å². The molecule has 0 saturated carbocycles. The van der Waals surface area contributed by atoms with Crippen LogP contribution in [0, 0.1) is 6.92 Å². The molecule has 0 aliphatic heterocycles. The van der Waals surface area contributed by atoms with Crippen LogP contribution < -0.4 is 4.72 Å². The Morgan fingerprint density at radius 2 is 2.15 bits per heavy atom. The first-order valence-corrected chi connectivity index (χ1v) is 7.62. The average molecular weight is 316 g/mol. The summed E-state index contributed by atoms with van der Waals surface area (Å²) in [5.74, 6) is 0. The van der Waals surface area contributed by atoms with Crippen molar-refractivity contribution in [3.63, 3.8) is 0 Å². The standard InChI is InChI=1S/C12H14ClN3O3S/c1-8-11(6-16(2)14-8)15-20(18,19)12-5-9(7-17)3-4-10(12)13/h3-6,15,17H,7H2,1-2H3. The number of nitrogens with zero attached hydrogens (tertiary/aromatic N) is 2. The van der Waals surface area contributed by atoms with Crippen LogP contribution in [-0.4, -0.2) is 23.3 Å². The lowest BCUT2D eigenvalue weighted by Crippen LogP contribution is -2.14. The highest BCUT2D eigenvalue weighted by Crippen LogP contribution is 2.25. The van der Waals surface area contributed by atoms with E-state index < -0.39 is 10.0 Å². The van der Waals surface area contributed by atoms with Gasteiger partial charge >= 0.3 is 0 Å². The Kier molecular flexibility index (Phi) is 4.03. The van der Waals surface area contributed by atoms with Gasteiger partial charge < -0.3 is 5.11 Å². The molecular weight excluding hydrogens is 302 g/mol. The maximum absolute atomic E-state index is 12.3. The van der Waals surface area contributed by atoms with Crippen LogP contribution in [0.4, 0.5) is 5.69 Å². The highest BCUT2D eigenvalue weighted by Gasteiger charge is 2.20. The minimum atomic E-state index is -3.83. The number of halogens is 1. The van der Waals surface area contributed by atoms with Gasteiger partial charge in [0.15, 0.2) is 0 Å². The number of nitrogens with one attached hydrogen (secondary N) is 1. The highest BCUT2D eigenvalue weighted by molar-refractivity contribution is 7.92. The van der Waals surface area contributed by atoms with Gasteiger partial charge in [0, 0.05) is 13.2 Å². The first-order chi connectivity index (χ1) is 9.33. The summed E-state index contributed by atoms with van der Waals surface area (Å²) < 4.78 is 28.6. The molecule has 20 heavy (non-hydrogen) atoms. The largest absolute Gasteiger partial charge is 0.392 e. The van der Waals surface area contributed by atoms with E-state index in [0.29, 0.717) is 16.9 Å². The SMILES string of the molecule is Cc1nn(C)cc1NS(=O)(=O)c1cc(CO)ccc1Cl. The van der Waals surface area contributed by atoms with Crippen molar-refractivity contribution in [3.8, 4) is 0 Å². The van der Waals surface area contributed by atoms with Crippen molar-refractivity contribution in [1.82, 2.24) is 9.78 Å². The number of hydrogen-bond donors (Lipinski definition) is 2. The molecule has 2 rings (SSSR count). The number of aromatic nitrogens is 2. The Labute approximate surface area is 122 Å². The lowest BCUT2D eigenvalue weighted by atomic mass is 10.2. The molecule has 0 unspecified atom stereocenters. The van der Waals surface area contributed by atoms with Crippen LogP contribution in [0.3, 0.4) is 0 Å². The maximum atomic E-state index is 12.3. The van der Waals surface area contributed by atoms with Gasteiger partial charge in [0.25, 0.3) is 10.0 Å². The van der Waals surface area contributed by atoms with Gasteiger partial charge in [0.05, 0.1) is 23.0 Å². The molecule has 0 spiro atoms.